The molecule has 0 fully saturated rings. The Balaban J connectivity index is 3.43. The third kappa shape index (κ3) is 9.26. The van der Waals surface area contributed by atoms with Gasteiger partial charge in [0.05, 0.1) is 13.2 Å². The molecule has 6 nitrogen and oxygen atoms in total. The quantitative estimate of drug-likeness (QED) is 0.222. The molecule has 0 atom stereocenters. The minimum Gasteiger partial charge on any atom is -0.434 e. The van der Waals surface area contributed by atoms with Crippen molar-refractivity contribution in [3.8, 4) is 0 Å². The number of carbonyl (C=O) groups excluding carboxylic acids is 2. The van der Waals surface area contributed by atoms with Gasteiger partial charge in [-0.15, -0.1) is 0 Å². The molecule has 0 aliphatic rings. The normalized spacial score (nSPS) is 9.62. The van der Waals surface area contributed by atoms with Crippen LogP contribution in [0.15, 0.2) is 0 Å². The Kier molecular flexibility index (Phi) is 9.39. The van der Waals surface area contributed by atoms with Crippen LogP contribution in [0.1, 0.15) is 39.5 Å². The second kappa shape index (κ2) is 10.2. The monoisotopic (exact) mass is 234 g/mol. The van der Waals surface area contributed by atoms with E-state index in [4.69, 9.17) is 0 Å². The summed E-state index contributed by atoms with van der Waals surface area (Å²) >= 11 is 0. The molecule has 0 aromatic carbocycles. The number of rotatable bonds is 7. The molecular formula is C10H18O6. The average molecular weight is 234 g/mol. The van der Waals surface area contributed by atoms with Crippen molar-refractivity contribution in [3.05, 3.63) is 0 Å². The molecule has 0 aromatic rings. The second-order valence-corrected chi connectivity index (χ2v) is 3.06. The van der Waals surface area contributed by atoms with Crippen LogP contribution >= 0.6 is 0 Å². The fourth-order valence-corrected chi connectivity index (χ4v) is 0.707. The van der Waals surface area contributed by atoms with Crippen LogP contribution in [0, 0.1) is 0 Å². The van der Waals surface area contributed by atoms with Gasteiger partial charge in [0.1, 0.15) is 0 Å². The standard InChI is InChI=1S/C10H18O6/c1-3-5-7-13-9(11)15-10(12)16-14-8-6-4-2/h3-8H2,1-2H3. The van der Waals surface area contributed by atoms with E-state index in [9.17, 15) is 9.59 Å². The van der Waals surface area contributed by atoms with Gasteiger partial charge in [-0.3, -0.25) is 4.89 Å². The van der Waals surface area contributed by atoms with Gasteiger partial charge in [-0.05, 0) is 12.8 Å². The van der Waals surface area contributed by atoms with Crippen LogP contribution in [0.2, 0.25) is 0 Å². The van der Waals surface area contributed by atoms with Gasteiger partial charge in [0, 0.05) is 0 Å². The van der Waals surface area contributed by atoms with Crippen molar-refractivity contribution in [1.29, 1.82) is 0 Å². The maximum Gasteiger partial charge on any atom is 0.550 e. The molecule has 6 heteroatoms. The molecule has 0 N–H and O–H groups in total. The summed E-state index contributed by atoms with van der Waals surface area (Å²) in [6.07, 6.45) is 0.996. The summed E-state index contributed by atoms with van der Waals surface area (Å²) in [7, 11) is 0. The molecule has 0 unspecified atom stereocenters. The molecule has 0 aliphatic heterocycles. The number of hydrogen-bond acceptors (Lipinski definition) is 6. The molecule has 0 aromatic heterocycles. The summed E-state index contributed by atoms with van der Waals surface area (Å²) in [4.78, 5) is 30.2. The van der Waals surface area contributed by atoms with Crippen molar-refractivity contribution in [1.82, 2.24) is 0 Å². The first-order valence-corrected chi connectivity index (χ1v) is 5.38. The zero-order valence-corrected chi connectivity index (χ0v) is 9.69. The highest BCUT2D eigenvalue weighted by Crippen LogP contribution is 1.95. The third-order valence-corrected chi connectivity index (χ3v) is 1.59. The zero-order valence-electron chi connectivity index (χ0n) is 9.69. The molecule has 0 bridgehead atoms. The molecule has 0 heterocycles. The molecule has 94 valence electrons. The van der Waals surface area contributed by atoms with Gasteiger partial charge in [-0.25, -0.2) is 9.59 Å². The van der Waals surface area contributed by atoms with Gasteiger partial charge in [0.2, 0.25) is 0 Å². The number of ether oxygens (including phenoxy) is 2. The second-order valence-electron chi connectivity index (χ2n) is 3.06. The Morgan fingerprint density at radius 3 is 2.19 bits per heavy atom. The van der Waals surface area contributed by atoms with Gasteiger partial charge < -0.3 is 9.47 Å². The van der Waals surface area contributed by atoms with E-state index >= 15 is 0 Å². The lowest BCUT2D eigenvalue weighted by Gasteiger charge is -2.04. The van der Waals surface area contributed by atoms with E-state index in [-0.39, 0.29) is 13.2 Å². The minimum absolute atomic E-state index is 0.222. The lowest BCUT2D eigenvalue weighted by atomic mass is 10.4. The van der Waals surface area contributed by atoms with E-state index in [1.807, 2.05) is 13.8 Å². The summed E-state index contributed by atoms with van der Waals surface area (Å²) in [6, 6.07) is 0. The fourth-order valence-electron chi connectivity index (χ4n) is 0.707. The van der Waals surface area contributed by atoms with Crippen molar-refractivity contribution >= 4 is 12.3 Å². The molecule has 0 amide bonds. The summed E-state index contributed by atoms with van der Waals surface area (Å²) in [6.45, 7) is 4.41. The van der Waals surface area contributed by atoms with E-state index in [1.54, 1.807) is 0 Å². The Hall–Kier alpha value is -1.30. The Morgan fingerprint density at radius 2 is 1.56 bits per heavy atom. The topological polar surface area (TPSA) is 71.1 Å². The Labute approximate surface area is 94.7 Å². The van der Waals surface area contributed by atoms with Crippen molar-refractivity contribution in [3.63, 3.8) is 0 Å². The molecule has 0 saturated carbocycles. The highest BCUT2D eigenvalue weighted by Gasteiger charge is 2.13. The van der Waals surface area contributed by atoms with Crippen LogP contribution in [0.4, 0.5) is 9.59 Å². The van der Waals surface area contributed by atoms with Crippen LogP contribution in [-0.4, -0.2) is 25.5 Å². The Bertz CT molecular complexity index is 203. The van der Waals surface area contributed by atoms with Crippen LogP contribution in [-0.2, 0) is 19.2 Å². The summed E-state index contributed by atoms with van der Waals surface area (Å²) in [5.41, 5.74) is 0. The molecule has 0 rings (SSSR count). The summed E-state index contributed by atoms with van der Waals surface area (Å²) in [5, 5.41) is 0. The van der Waals surface area contributed by atoms with Gasteiger partial charge in [-0.2, -0.15) is 4.89 Å². The lowest BCUT2D eigenvalue weighted by Crippen LogP contribution is -2.16. The zero-order chi connectivity index (χ0) is 12.2. The first-order chi connectivity index (χ1) is 7.70. The summed E-state index contributed by atoms with van der Waals surface area (Å²) < 4.78 is 8.69. The van der Waals surface area contributed by atoms with Crippen LogP contribution in [0.3, 0.4) is 0 Å². The number of hydrogen-bond donors (Lipinski definition) is 0. The smallest absolute Gasteiger partial charge is 0.434 e. The first-order valence-electron chi connectivity index (χ1n) is 5.38. The number of unbranched alkanes of at least 4 members (excludes halogenated alkanes) is 2. The average Bonchev–Trinajstić information content (AvgIpc) is 2.25. The van der Waals surface area contributed by atoms with Crippen molar-refractivity contribution in [2.45, 2.75) is 39.5 Å². The molecule has 0 spiro atoms. The third-order valence-electron chi connectivity index (χ3n) is 1.59. The van der Waals surface area contributed by atoms with Crippen LogP contribution in [0.5, 0.6) is 0 Å². The molecule has 0 saturated heterocycles. The molecule has 16 heavy (non-hydrogen) atoms. The maximum absolute atomic E-state index is 10.8. The highest BCUT2D eigenvalue weighted by atomic mass is 17.2. The van der Waals surface area contributed by atoms with E-state index in [0.29, 0.717) is 0 Å². The molecule has 0 radical (unpaired) electrons. The molecule has 0 aliphatic carbocycles. The van der Waals surface area contributed by atoms with Gasteiger partial charge in [0.25, 0.3) is 0 Å². The first kappa shape index (κ1) is 14.7. The minimum atomic E-state index is -1.21. The predicted molar refractivity (Wildman–Crippen MR) is 54.7 cm³/mol. The van der Waals surface area contributed by atoms with Gasteiger partial charge in [0.15, 0.2) is 0 Å². The largest absolute Gasteiger partial charge is 0.550 e. The van der Waals surface area contributed by atoms with E-state index in [0.717, 1.165) is 25.7 Å². The van der Waals surface area contributed by atoms with Crippen LogP contribution in [0.25, 0.3) is 0 Å². The van der Waals surface area contributed by atoms with Crippen molar-refractivity contribution in [2.24, 2.45) is 0 Å². The SMILES string of the molecule is CCCCOOC(=O)OC(=O)OCCCC. The van der Waals surface area contributed by atoms with Crippen molar-refractivity contribution in [2.75, 3.05) is 13.2 Å². The number of carbonyl (C=O) groups is 2. The molecular weight excluding hydrogens is 216 g/mol. The fraction of sp³-hybridized carbons (Fsp3) is 0.800. The maximum atomic E-state index is 10.8. The van der Waals surface area contributed by atoms with E-state index < -0.39 is 12.3 Å². The highest BCUT2D eigenvalue weighted by molar-refractivity contribution is 5.76. The van der Waals surface area contributed by atoms with E-state index in [1.165, 1.54) is 0 Å². The van der Waals surface area contributed by atoms with Gasteiger partial charge >= 0.3 is 12.3 Å². The van der Waals surface area contributed by atoms with E-state index in [2.05, 4.69) is 19.2 Å². The lowest BCUT2D eigenvalue weighted by molar-refractivity contribution is -0.252. The van der Waals surface area contributed by atoms with Crippen molar-refractivity contribution < 1.29 is 28.8 Å². The summed E-state index contributed by atoms with van der Waals surface area (Å²) in [5.74, 6) is 0. The Morgan fingerprint density at radius 1 is 0.938 bits per heavy atom. The van der Waals surface area contributed by atoms with Crippen LogP contribution < -0.4 is 0 Å². The van der Waals surface area contributed by atoms with Gasteiger partial charge in [-0.1, -0.05) is 26.7 Å². The predicted octanol–water partition coefficient (Wildman–Crippen LogP) is 2.81.